The molecule has 2 unspecified atom stereocenters. The maximum absolute atomic E-state index is 12.1. The third-order valence-electron chi connectivity index (χ3n) is 3.82. The highest BCUT2D eigenvalue weighted by Gasteiger charge is 2.34. The highest BCUT2D eigenvalue weighted by Crippen LogP contribution is 2.30. The normalized spacial score (nSPS) is 20.0. The Labute approximate surface area is 132 Å². The van der Waals surface area contributed by atoms with Gasteiger partial charge in [-0.2, -0.15) is 0 Å². The number of hydrogen-bond acceptors (Lipinski definition) is 5. The lowest BCUT2D eigenvalue weighted by Crippen LogP contribution is -2.38. The Kier molecular flexibility index (Phi) is 5.03. The Morgan fingerprint density at radius 1 is 1.50 bits per heavy atom. The molecule has 1 fully saturated rings. The number of ether oxygens (including phenoxy) is 1. The molecule has 122 valence electrons. The number of carbonyl (C=O) groups is 1. The topological polar surface area (TPSA) is 80.5 Å². The van der Waals surface area contributed by atoms with Gasteiger partial charge in [-0.05, 0) is 51.7 Å². The maximum atomic E-state index is 12.1. The Balaban J connectivity index is 2.01. The molecule has 1 aromatic rings. The van der Waals surface area contributed by atoms with E-state index in [0.29, 0.717) is 13.1 Å². The zero-order chi connectivity index (χ0) is 16.3. The summed E-state index contributed by atoms with van der Waals surface area (Å²) in [6, 6.07) is 3.99. The van der Waals surface area contributed by atoms with E-state index in [1.165, 1.54) is 0 Å². The maximum Gasteiger partial charge on any atom is 0.410 e. The Bertz CT molecular complexity index is 510. The zero-order valence-electron chi connectivity index (χ0n) is 13.8. The van der Waals surface area contributed by atoms with Crippen molar-refractivity contribution in [2.24, 2.45) is 11.8 Å². The number of likely N-dealkylation sites (tertiary alicyclic amines) is 1. The van der Waals surface area contributed by atoms with Gasteiger partial charge < -0.3 is 9.64 Å². The molecule has 0 bridgehead atoms. The van der Waals surface area contributed by atoms with E-state index in [1.54, 1.807) is 4.90 Å². The second-order valence-corrected chi connectivity index (χ2v) is 6.85. The third-order valence-corrected chi connectivity index (χ3v) is 3.82. The summed E-state index contributed by atoms with van der Waals surface area (Å²) in [6.45, 7) is 8.91. The van der Waals surface area contributed by atoms with Crippen molar-refractivity contribution in [3.8, 4) is 0 Å². The molecule has 0 spiro atoms. The molecule has 1 saturated heterocycles. The summed E-state index contributed by atoms with van der Waals surface area (Å²) in [5.41, 5.74) is 4.42. The predicted octanol–water partition coefficient (Wildman–Crippen LogP) is 2.15. The standard InChI is InChI=1S/C16H26N4O2/c1-11-5-6-12(9-18-11)14(19-17)13-7-8-20(10-13)15(21)22-16(2,3)4/h5-6,9,13-14,19H,7-8,10,17H2,1-4H3. The lowest BCUT2D eigenvalue weighted by molar-refractivity contribution is 0.0285. The number of pyridine rings is 1. The van der Waals surface area contributed by atoms with E-state index in [4.69, 9.17) is 10.6 Å². The van der Waals surface area contributed by atoms with E-state index in [1.807, 2.05) is 46.0 Å². The first-order chi connectivity index (χ1) is 10.3. The van der Waals surface area contributed by atoms with Crippen LogP contribution in [0.15, 0.2) is 18.3 Å². The van der Waals surface area contributed by atoms with Crippen molar-refractivity contribution in [2.45, 2.75) is 45.8 Å². The molecule has 0 aromatic carbocycles. The van der Waals surface area contributed by atoms with Crippen LogP contribution in [0.4, 0.5) is 4.79 Å². The number of amides is 1. The molecule has 3 N–H and O–H groups in total. The molecule has 2 heterocycles. The average Bonchev–Trinajstić information content (AvgIpc) is 2.89. The summed E-state index contributed by atoms with van der Waals surface area (Å²) in [7, 11) is 0. The van der Waals surface area contributed by atoms with Crippen molar-refractivity contribution in [2.75, 3.05) is 13.1 Å². The van der Waals surface area contributed by atoms with Gasteiger partial charge in [0.05, 0.1) is 6.04 Å². The van der Waals surface area contributed by atoms with Gasteiger partial charge in [-0.3, -0.25) is 16.3 Å². The SMILES string of the molecule is Cc1ccc(C(NN)C2CCN(C(=O)OC(C)(C)C)C2)cn1. The Hall–Kier alpha value is -1.66. The molecule has 0 aliphatic carbocycles. The first kappa shape index (κ1) is 16.7. The molecule has 6 heteroatoms. The van der Waals surface area contributed by atoms with Crippen LogP contribution in [0.2, 0.25) is 0 Å². The predicted molar refractivity (Wildman–Crippen MR) is 85.0 cm³/mol. The lowest BCUT2D eigenvalue weighted by Gasteiger charge is -2.26. The molecule has 1 aliphatic rings. The summed E-state index contributed by atoms with van der Waals surface area (Å²) in [4.78, 5) is 18.2. The number of nitrogens with one attached hydrogen (secondary N) is 1. The lowest BCUT2D eigenvalue weighted by atomic mass is 9.94. The van der Waals surface area contributed by atoms with Crippen LogP contribution in [0, 0.1) is 12.8 Å². The number of hydrogen-bond donors (Lipinski definition) is 2. The highest BCUT2D eigenvalue weighted by molar-refractivity contribution is 5.68. The second kappa shape index (κ2) is 6.62. The Morgan fingerprint density at radius 3 is 2.77 bits per heavy atom. The van der Waals surface area contributed by atoms with Crippen molar-refractivity contribution in [1.82, 2.24) is 15.3 Å². The monoisotopic (exact) mass is 306 g/mol. The molecule has 22 heavy (non-hydrogen) atoms. The van der Waals surface area contributed by atoms with Gasteiger partial charge in [0.1, 0.15) is 5.60 Å². The van der Waals surface area contributed by atoms with Crippen LogP contribution in [-0.2, 0) is 4.74 Å². The van der Waals surface area contributed by atoms with E-state index in [2.05, 4.69) is 10.4 Å². The van der Waals surface area contributed by atoms with Gasteiger partial charge in [0.25, 0.3) is 0 Å². The summed E-state index contributed by atoms with van der Waals surface area (Å²) >= 11 is 0. The molecular formula is C16H26N4O2. The van der Waals surface area contributed by atoms with Gasteiger partial charge >= 0.3 is 6.09 Å². The molecule has 0 saturated carbocycles. The fourth-order valence-electron chi connectivity index (χ4n) is 2.72. The average molecular weight is 306 g/mol. The number of aromatic nitrogens is 1. The van der Waals surface area contributed by atoms with E-state index in [9.17, 15) is 4.79 Å². The van der Waals surface area contributed by atoms with Crippen molar-refractivity contribution < 1.29 is 9.53 Å². The molecular weight excluding hydrogens is 280 g/mol. The van der Waals surface area contributed by atoms with Gasteiger partial charge in [-0.15, -0.1) is 0 Å². The minimum Gasteiger partial charge on any atom is -0.444 e. The van der Waals surface area contributed by atoms with E-state index in [0.717, 1.165) is 17.7 Å². The van der Waals surface area contributed by atoms with Crippen LogP contribution >= 0.6 is 0 Å². The smallest absolute Gasteiger partial charge is 0.410 e. The minimum atomic E-state index is -0.471. The minimum absolute atomic E-state index is 0.0134. The van der Waals surface area contributed by atoms with Gasteiger partial charge in [0, 0.05) is 25.0 Å². The highest BCUT2D eigenvalue weighted by atomic mass is 16.6. The summed E-state index contributed by atoms with van der Waals surface area (Å²) in [5, 5.41) is 0. The fraction of sp³-hybridized carbons (Fsp3) is 0.625. The van der Waals surface area contributed by atoms with Crippen molar-refractivity contribution in [3.05, 3.63) is 29.6 Å². The molecule has 2 rings (SSSR count). The van der Waals surface area contributed by atoms with Crippen LogP contribution in [0.5, 0.6) is 0 Å². The van der Waals surface area contributed by atoms with Crippen molar-refractivity contribution in [3.63, 3.8) is 0 Å². The first-order valence-corrected chi connectivity index (χ1v) is 7.67. The summed E-state index contributed by atoms with van der Waals surface area (Å²) in [6.07, 6.45) is 2.48. The zero-order valence-corrected chi connectivity index (χ0v) is 13.8. The number of hydrazine groups is 1. The molecule has 1 amide bonds. The van der Waals surface area contributed by atoms with E-state index in [-0.39, 0.29) is 18.1 Å². The second-order valence-electron chi connectivity index (χ2n) is 6.85. The van der Waals surface area contributed by atoms with Crippen LogP contribution in [0.1, 0.15) is 44.5 Å². The summed E-state index contributed by atoms with van der Waals surface area (Å²) in [5.74, 6) is 5.99. The molecule has 1 aliphatic heterocycles. The molecule has 2 atom stereocenters. The van der Waals surface area contributed by atoms with Crippen molar-refractivity contribution in [1.29, 1.82) is 0 Å². The molecule has 6 nitrogen and oxygen atoms in total. The fourth-order valence-corrected chi connectivity index (χ4v) is 2.72. The van der Waals surface area contributed by atoms with Gasteiger partial charge in [0.15, 0.2) is 0 Å². The van der Waals surface area contributed by atoms with E-state index >= 15 is 0 Å². The number of carbonyl (C=O) groups excluding carboxylic acids is 1. The molecule has 1 aromatic heterocycles. The van der Waals surface area contributed by atoms with Crippen molar-refractivity contribution >= 4 is 6.09 Å². The quantitative estimate of drug-likeness (QED) is 0.660. The third kappa shape index (κ3) is 4.18. The molecule has 0 radical (unpaired) electrons. The van der Waals surface area contributed by atoms with E-state index < -0.39 is 5.60 Å². The first-order valence-electron chi connectivity index (χ1n) is 7.67. The number of rotatable bonds is 3. The van der Waals surface area contributed by atoms with Gasteiger partial charge in [0.2, 0.25) is 0 Å². The summed E-state index contributed by atoms with van der Waals surface area (Å²) < 4.78 is 5.43. The Morgan fingerprint density at radius 2 is 2.23 bits per heavy atom. The number of nitrogens with two attached hydrogens (primary N) is 1. The van der Waals surface area contributed by atoms with Crippen LogP contribution in [0.3, 0.4) is 0 Å². The van der Waals surface area contributed by atoms with Crippen LogP contribution < -0.4 is 11.3 Å². The number of aryl methyl sites for hydroxylation is 1. The largest absolute Gasteiger partial charge is 0.444 e. The van der Waals surface area contributed by atoms with Crippen LogP contribution in [-0.4, -0.2) is 34.7 Å². The number of nitrogens with zero attached hydrogens (tertiary/aromatic N) is 2. The van der Waals surface area contributed by atoms with Crippen LogP contribution in [0.25, 0.3) is 0 Å². The van der Waals surface area contributed by atoms with Gasteiger partial charge in [-0.25, -0.2) is 4.79 Å². The van der Waals surface area contributed by atoms with Gasteiger partial charge in [-0.1, -0.05) is 6.07 Å².